The minimum Gasteiger partial charge on any atom is -0.480 e. The summed E-state index contributed by atoms with van der Waals surface area (Å²) in [5.41, 5.74) is 9.77. The van der Waals surface area contributed by atoms with Crippen LogP contribution in [0.2, 0.25) is 0 Å². The van der Waals surface area contributed by atoms with Crippen LogP contribution in [0.25, 0.3) is 0 Å². The Morgan fingerprint density at radius 1 is 1.44 bits per heavy atom. The number of hydrogen-bond acceptors (Lipinski definition) is 4. The smallest absolute Gasteiger partial charge is 0.323 e. The van der Waals surface area contributed by atoms with Crippen LogP contribution >= 0.6 is 0 Å². The van der Waals surface area contributed by atoms with Gasteiger partial charge in [-0.05, 0) is 6.92 Å². The fourth-order valence-electron chi connectivity index (χ4n) is 0.288. The van der Waals surface area contributed by atoms with Gasteiger partial charge in [-0.2, -0.15) is 0 Å². The van der Waals surface area contributed by atoms with Crippen LogP contribution in [-0.4, -0.2) is 58.1 Å². The van der Waals surface area contributed by atoms with Gasteiger partial charge in [0.2, 0.25) is 0 Å². The fraction of sp³-hybridized carbons (Fsp3) is 0.571. The summed E-state index contributed by atoms with van der Waals surface area (Å²) in [4.78, 5) is 20.6. The lowest BCUT2D eigenvalue weighted by Crippen LogP contribution is -2.36. The predicted molar refractivity (Wildman–Crippen MR) is 57.1 cm³/mol. The summed E-state index contributed by atoms with van der Waals surface area (Å²) in [6.07, 6.45) is 0. The van der Waals surface area contributed by atoms with Crippen molar-refractivity contribution in [3.05, 3.63) is 0 Å². The van der Waals surface area contributed by atoms with E-state index in [-0.39, 0.29) is 18.0 Å². The molecule has 0 spiro atoms. The maximum absolute atomic E-state index is 9.92. The summed E-state index contributed by atoms with van der Waals surface area (Å²) in [5, 5.41) is 22.7. The third-order valence-electron chi connectivity index (χ3n) is 1.17. The first-order valence-electron chi connectivity index (χ1n) is 3.93. The van der Waals surface area contributed by atoms with E-state index in [2.05, 4.69) is 0 Å². The number of guanidine groups is 1. The van der Waals surface area contributed by atoms with Gasteiger partial charge in [-0.15, -0.1) is 0 Å². The Hall–Kier alpha value is -1.87. The molecule has 0 saturated carbocycles. The molecule has 0 aromatic heterocycles. The Kier molecular flexibility index (Phi) is 11.9. The summed E-state index contributed by atoms with van der Waals surface area (Å²) in [6, 6.07) is -0.731. The zero-order chi connectivity index (χ0) is 12.6. The highest BCUT2D eigenvalue weighted by atomic mass is 16.4. The lowest BCUT2D eigenvalue weighted by atomic mass is 10.4. The van der Waals surface area contributed by atoms with E-state index in [0.717, 1.165) is 4.90 Å². The summed E-state index contributed by atoms with van der Waals surface area (Å²) in [5.74, 6) is -2.19. The van der Waals surface area contributed by atoms with E-state index < -0.39 is 18.0 Å². The molecule has 0 aromatic carbocycles. The second-order valence-corrected chi connectivity index (χ2v) is 2.76. The summed E-state index contributed by atoms with van der Waals surface area (Å²) in [6.45, 7) is 1.19. The largest absolute Gasteiger partial charge is 0.480 e. The number of nitrogens with zero attached hydrogens (tertiary/aromatic N) is 1. The average molecular weight is 238 g/mol. The van der Waals surface area contributed by atoms with Gasteiger partial charge < -0.3 is 32.1 Å². The standard InChI is InChI=1S/C4H9N3O2.C3H7NO2.H2O/c1-7(4(5)6)2-3(8)9;1-2(4)3(5)6;/h2H2,1H3,(H3,5,6)(H,8,9);2H,4H2,1H3,(H,5,6);1H2/t;2-;/m.0./s1. The molecule has 9 N–H and O–H groups in total. The lowest BCUT2D eigenvalue weighted by Gasteiger charge is -2.12. The van der Waals surface area contributed by atoms with Crippen molar-refractivity contribution in [3.8, 4) is 0 Å². The molecule has 0 aliphatic heterocycles. The lowest BCUT2D eigenvalue weighted by molar-refractivity contribution is -0.138. The van der Waals surface area contributed by atoms with E-state index >= 15 is 0 Å². The molecular weight excluding hydrogens is 220 g/mol. The van der Waals surface area contributed by atoms with Crippen LogP contribution in [0.1, 0.15) is 6.92 Å². The molecule has 16 heavy (non-hydrogen) atoms. The Morgan fingerprint density at radius 3 is 1.81 bits per heavy atom. The minimum absolute atomic E-state index is 0. The number of rotatable bonds is 3. The van der Waals surface area contributed by atoms with Crippen LogP contribution in [-0.2, 0) is 9.59 Å². The monoisotopic (exact) mass is 238 g/mol. The van der Waals surface area contributed by atoms with Crippen molar-refractivity contribution in [2.75, 3.05) is 13.6 Å². The Balaban J connectivity index is -0.000000214. The first kappa shape index (κ1) is 19.7. The summed E-state index contributed by atoms with van der Waals surface area (Å²) in [7, 11) is 1.44. The normalized spacial score (nSPS) is 9.94. The molecule has 0 bridgehead atoms. The van der Waals surface area contributed by atoms with E-state index in [1.54, 1.807) is 0 Å². The van der Waals surface area contributed by atoms with Crippen LogP contribution in [0.15, 0.2) is 0 Å². The topological polar surface area (TPSA) is 185 Å². The molecule has 0 fully saturated rings. The first-order chi connectivity index (χ1) is 6.68. The zero-order valence-electron chi connectivity index (χ0n) is 9.10. The van der Waals surface area contributed by atoms with Crippen LogP contribution < -0.4 is 11.5 Å². The third-order valence-corrected chi connectivity index (χ3v) is 1.17. The maximum Gasteiger partial charge on any atom is 0.323 e. The SMILES string of the molecule is CN(CC(=O)O)C(=N)N.C[C@H](N)C(=O)O.O. The number of carboxylic acids is 2. The molecular formula is C7H18N4O5. The minimum atomic E-state index is -0.993. The molecule has 96 valence electrons. The summed E-state index contributed by atoms with van der Waals surface area (Å²) < 4.78 is 0. The van der Waals surface area contributed by atoms with Crippen LogP contribution in [0.5, 0.6) is 0 Å². The molecule has 0 aromatic rings. The zero-order valence-corrected chi connectivity index (χ0v) is 9.10. The van der Waals surface area contributed by atoms with Gasteiger partial charge in [-0.1, -0.05) is 0 Å². The van der Waals surface area contributed by atoms with Crippen molar-refractivity contribution < 1.29 is 25.3 Å². The first-order valence-corrected chi connectivity index (χ1v) is 3.93. The molecule has 1 atom stereocenters. The van der Waals surface area contributed by atoms with E-state index in [1.165, 1.54) is 14.0 Å². The highest BCUT2D eigenvalue weighted by Crippen LogP contribution is 1.76. The Labute approximate surface area is 92.5 Å². The van der Waals surface area contributed by atoms with Gasteiger partial charge in [0.1, 0.15) is 12.6 Å². The molecule has 0 amide bonds. The highest BCUT2D eigenvalue weighted by Gasteiger charge is 2.03. The van der Waals surface area contributed by atoms with Gasteiger partial charge in [-0.25, -0.2) is 0 Å². The number of nitrogens with two attached hydrogens (primary N) is 2. The Morgan fingerprint density at radius 2 is 1.75 bits per heavy atom. The van der Waals surface area contributed by atoms with Crippen molar-refractivity contribution in [2.45, 2.75) is 13.0 Å². The molecule has 0 saturated heterocycles. The summed E-state index contributed by atoms with van der Waals surface area (Å²) >= 11 is 0. The highest BCUT2D eigenvalue weighted by molar-refractivity contribution is 5.79. The third kappa shape index (κ3) is 14.6. The van der Waals surface area contributed by atoms with Gasteiger partial charge in [0.15, 0.2) is 5.96 Å². The van der Waals surface area contributed by atoms with Crippen LogP contribution in [0.4, 0.5) is 0 Å². The van der Waals surface area contributed by atoms with Gasteiger partial charge in [0, 0.05) is 7.05 Å². The number of carboxylic acid groups (broad SMARTS) is 2. The van der Waals surface area contributed by atoms with Gasteiger partial charge in [-0.3, -0.25) is 15.0 Å². The van der Waals surface area contributed by atoms with E-state index in [0.29, 0.717) is 0 Å². The Bertz CT molecular complexity index is 243. The molecule has 0 aliphatic carbocycles. The second kappa shape index (κ2) is 9.68. The number of likely N-dealkylation sites (N-methyl/N-ethyl adjacent to an activating group) is 1. The van der Waals surface area contributed by atoms with Crippen molar-refractivity contribution in [2.24, 2.45) is 11.5 Å². The van der Waals surface area contributed by atoms with E-state index in [9.17, 15) is 9.59 Å². The van der Waals surface area contributed by atoms with E-state index in [1.807, 2.05) is 0 Å². The van der Waals surface area contributed by atoms with Crippen molar-refractivity contribution >= 4 is 17.9 Å². The molecule has 9 heteroatoms. The van der Waals surface area contributed by atoms with Gasteiger partial charge in [0.05, 0.1) is 0 Å². The molecule has 0 rings (SSSR count). The number of hydrogen-bond donors (Lipinski definition) is 5. The average Bonchev–Trinajstić information content (AvgIpc) is 2.03. The molecule has 9 nitrogen and oxygen atoms in total. The number of nitrogens with one attached hydrogen (secondary N) is 1. The van der Waals surface area contributed by atoms with Crippen molar-refractivity contribution in [1.82, 2.24) is 4.90 Å². The number of carbonyl (C=O) groups is 2. The van der Waals surface area contributed by atoms with Gasteiger partial charge in [0.25, 0.3) is 0 Å². The van der Waals surface area contributed by atoms with Crippen LogP contribution in [0, 0.1) is 5.41 Å². The predicted octanol–water partition coefficient (Wildman–Crippen LogP) is -2.51. The molecule has 0 heterocycles. The second-order valence-electron chi connectivity index (χ2n) is 2.76. The maximum atomic E-state index is 9.92. The number of aliphatic carboxylic acids is 2. The van der Waals surface area contributed by atoms with E-state index in [4.69, 9.17) is 27.1 Å². The quantitative estimate of drug-likeness (QED) is 0.265. The molecule has 0 unspecified atom stereocenters. The van der Waals surface area contributed by atoms with Gasteiger partial charge >= 0.3 is 11.9 Å². The van der Waals surface area contributed by atoms with Crippen LogP contribution in [0.3, 0.4) is 0 Å². The van der Waals surface area contributed by atoms with Crippen molar-refractivity contribution in [1.29, 1.82) is 5.41 Å². The molecule has 0 aliphatic rings. The molecule has 0 radical (unpaired) electrons. The fourth-order valence-corrected chi connectivity index (χ4v) is 0.288. The van der Waals surface area contributed by atoms with Crippen molar-refractivity contribution in [3.63, 3.8) is 0 Å².